The van der Waals surface area contributed by atoms with E-state index in [0.29, 0.717) is 4.21 Å². The van der Waals surface area contributed by atoms with Gasteiger partial charge in [0, 0.05) is 11.2 Å². The van der Waals surface area contributed by atoms with Crippen LogP contribution in [0, 0.1) is 6.92 Å². The van der Waals surface area contributed by atoms with E-state index < -0.39 is 15.6 Å². The summed E-state index contributed by atoms with van der Waals surface area (Å²) < 4.78 is 27.3. The molecule has 0 radical (unpaired) electrons. The monoisotopic (exact) mass is 299 g/mol. The van der Waals surface area contributed by atoms with Gasteiger partial charge in [-0.2, -0.15) is 5.10 Å². The molecule has 19 heavy (non-hydrogen) atoms. The lowest BCUT2D eigenvalue weighted by atomic mass is 10.1. The highest BCUT2D eigenvalue weighted by molar-refractivity contribution is 7.91. The van der Waals surface area contributed by atoms with Gasteiger partial charge in [0.1, 0.15) is 9.90 Å². The molecule has 0 fully saturated rings. The summed E-state index contributed by atoms with van der Waals surface area (Å²) in [6, 6.07) is 5.27. The summed E-state index contributed by atoms with van der Waals surface area (Å²) in [6.45, 7) is 7.35. The smallest absolute Gasteiger partial charge is 0.250 e. The van der Waals surface area contributed by atoms with E-state index in [1.54, 1.807) is 12.1 Å². The number of nitrogens with zero attached hydrogens (tertiary/aromatic N) is 1. The number of hydrogen-bond acceptors (Lipinski definition) is 4. The van der Waals surface area contributed by atoms with Crippen LogP contribution in [0.25, 0.3) is 10.6 Å². The van der Waals surface area contributed by atoms with Crippen molar-refractivity contribution in [3.05, 3.63) is 23.9 Å². The summed E-state index contributed by atoms with van der Waals surface area (Å²) in [7, 11) is -3.47. The molecule has 0 spiro atoms. The number of aromatic amines is 1. The van der Waals surface area contributed by atoms with Crippen LogP contribution in [0.2, 0.25) is 0 Å². The summed E-state index contributed by atoms with van der Waals surface area (Å²) in [4.78, 5) is 0.832. The summed E-state index contributed by atoms with van der Waals surface area (Å²) in [6.07, 6.45) is 0. The standard InChI is InChI=1S/C12H17N3O2S2/c1-8-7-9(14-13-8)10-5-6-11(18-10)19(16,17)15-12(2,3)4/h5-7,15H,1-4H3,(H,13,14). The molecule has 0 aliphatic rings. The zero-order valence-electron chi connectivity index (χ0n) is 11.3. The van der Waals surface area contributed by atoms with E-state index in [1.165, 1.54) is 11.3 Å². The Bertz CT molecular complexity index is 678. The number of hydrogen-bond donors (Lipinski definition) is 2. The third-order valence-electron chi connectivity index (χ3n) is 2.25. The van der Waals surface area contributed by atoms with Gasteiger partial charge in [-0.05, 0) is 45.9 Å². The van der Waals surface area contributed by atoms with E-state index in [4.69, 9.17) is 0 Å². The topological polar surface area (TPSA) is 74.8 Å². The molecule has 0 bridgehead atoms. The average molecular weight is 299 g/mol. The van der Waals surface area contributed by atoms with Gasteiger partial charge < -0.3 is 0 Å². The molecule has 0 atom stereocenters. The molecule has 2 rings (SSSR count). The summed E-state index contributed by atoms with van der Waals surface area (Å²) in [5.41, 5.74) is 1.21. The Morgan fingerprint density at radius 3 is 2.53 bits per heavy atom. The molecule has 2 N–H and O–H groups in total. The fraction of sp³-hybridized carbons (Fsp3) is 0.417. The van der Waals surface area contributed by atoms with E-state index in [1.807, 2.05) is 33.8 Å². The predicted molar refractivity (Wildman–Crippen MR) is 76.7 cm³/mol. The summed E-state index contributed by atoms with van der Waals surface area (Å²) in [5.74, 6) is 0. The van der Waals surface area contributed by atoms with E-state index in [9.17, 15) is 8.42 Å². The van der Waals surface area contributed by atoms with Gasteiger partial charge in [0.05, 0.1) is 4.88 Å². The fourth-order valence-corrected chi connectivity index (χ4v) is 4.29. The third kappa shape index (κ3) is 3.43. The Kier molecular flexibility index (Phi) is 3.55. The van der Waals surface area contributed by atoms with Crippen LogP contribution in [0.15, 0.2) is 22.4 Å². The van der Waals surface area contributed by atoms with Crippen LogP contribution >= 0.6 is 11.3 Å². The Morgan fingerprint density at radius 1 is 1.32 bits per heavy atom. The quantitative estimate of drug-likeness (QED) is 0.914. The van der Waals surface area contributed by atoms with Gasteiger partial charge in [-0.3, -0.25) is 5.10 Å². The first-order valence-corrected chi connectivity index (χ1v) is 8.13. The van der Waals surface area contributed by atoms with Gasteiger partial charge in [0.25, 0.3) is 10.0 Å². The Labute approximate surface area is 117 Å². The molecular formula is C12H17N3O2S2. The summed E-state index contributed by atoms with van der Waals surface area (Å²) >= 11 is 1.21. The Morgan fingerprint density at radius 2 is 2.00 bits per heavy atom. The molecule has 7 heteroatoms. The second-order valence-electron chi connectivity index (χ2n) is 5.41. The number of thiophene rings is 1. The lowest BCUT2D eigenvalue weighted by Crippen LogP contribution is -2.40. The average Bonchev–Trinajstić information content (AvgIpc) is 2.81. The molecular weight excluding hydrogens is 282 g/mol. The van der Waals surface area contributed by atoms with Crippen LogP contribution in [0.1, 0.15) is 26.5 Å². The third-order valence-corrected chi connectivity index (χ3v) is 5.60. The number of H-pyrrole nitrogens is 1. The predicted octanol–water partition coefficient (Wildman–Crippen LogP) is 2.52. The van der Waals surface area contributed by atoms with Crippen molar-refractivity contribution in [1.29, 1.82) is 0 Å². The summed E-state index contributed by atoms with van der Waals surface area (Å²) in [5, 5.41) is 6.97. The number of aromatic nitrogens is 2. The van der Waals surface area contributed by atoms with Crippen LogP contribution in [0.5, 0.6) is 0 Å². The van der Waals surface area contributed by atoms with E-state index >= 15 is 0 Å². The first kappa shape index (κ1) is 14.2. The Hall–Kier alpha value is -1.18. The van der Waals surface area contributed by atoms with E-state index in [2.05, 4.69) is 14.9 Å². The molecule has 0 aliphatic carbocycles. The normalized spacial score (nSPS) is 12.8. The molecule has 2 aromatic rings. The molecule has 5 nitrogen and oxygen atoms in total. The van der Waals surface area contributed by atoms with Crippen LogP contribution in [0.3, 0.4) is 0 Å². The van der Waals surface area contributed by atoms with Crippen molar-refractivity contribution >= 4 is 21.4 Å². The molecule has 2 aromatic heterocycles. The van der Waals surface area contributed by atoms with Crippen LogP contribution in [0.4, 0.5) is 0 Å². The maximum absolute atomic E-state index is 12.2. The zero-order chi connectivity index (χ0) is 14.3. The molecule has 0 saturated carbocycles. The van der Waals surface area contributed by atoms with Crippen molar-refractivity contribution in [1.82, 2.24) is 14.9 Å². The van der Waals surface area contributed by atoms with Crippen molar-refractivity contribution in [3.63, 3.8) is 0 Å². The van der Waals surface area contributed by atoms with Crippen LogP contribution in [-0.2, 0) is 10.0 Å². The lowest BCUT2D eigenvalue weighted by molar-refractivity contribution is 0.492. The van der Waals surface area contributed by atoms with Crippen molar-refractivity contribution in [2.75, 3.05) is 0 Å². The van der Waals surface area contributed by atoms with Crippen LogP contribution in [-0.4, -0.2) is 24.2 Å². The highest BCUT2D eigenvalue weighted by Crippen LogP contribution is 2.30. The molecule has 2 heterocycles. The molecule has 0 aliphatic heterocycles. The van der Waals surface area contributed by atoms with Crippen molar-refractivity contribution in [2.24, 2.45) is 0 Å². The van der Waals surface area contributed by atoms with Crippen molar-refractivity contribution in [2.45, 2.75) is 37.4 Å². The van der Waals surface area contributed by atoms with Crippen molar-refractivity contribution < 1.29 is 8.42 Å². The number of aryl methyl sites for hydroxylation is 1. The van der Waals surface area contributed by atoms with E-state index in [-0.39, 0.29) is 0 Å². The maximum Gasteiger partial charge on any atom is 0.250 e. The highest BCUT2D eigenvalue weighted by Gasteiger charge is 2.23. The molecule has 0 unspecified atom stereocenters. The first-order valence-electron chi connectivity index (χ1n) is 5.84. The van der Waals surface area contributed by atoms with Crippen LogP contribution < -0.4 is 4.72 Å². The Balaban J connectivity index is 2.31. The minimum absolute atomic E-state index is 0.304. The minimum atomic E-state index is -3.47. The SMILES string of the molecule is Cc1cc(-c2ccc(S(=O)(=O)NC(C)(C)C)s2)n[nH]1. The number of sulfonamides is 1. The second kappa shape index (κ2) is 4.73. The fourth-order valence-electron chi connectivity index (χ4n) is 1.60. The first-order chi connectivity index (χ1) is 8.67. The maximum atomic E-state index is 12.2. The van der Waals surface area contributed by atoms with Gasteiger partial charge in [-0.1, -0.05) is 0 Å². The van der Waals surface area contributed by atoms with Gasteiger partial charge in [0.2, 0.25) is 0 Å². The zero-order valence-corrected chi connectivity index (χ0v) is 12.9. The second-order valence-corrected chi connectivity index (χ2v) is 8.40. The largest absolute Gasteiger partial charge is 0.282 e. The minimum Gasteiger partial charge on any atom is -0.282 e. The molecule has 104 valence electrons. The van der Waals surface area contributed by atoms with Gasteiger partial charge in [0.15, 0.2) is 0 Å². The highest BCUT2D eigenvalue weighted by atomic mass is 32.2. The van der Waals surface area contributed by atoms with Gasteiger partial charge >= 0.3 is 0 Å². The van der Waals surface area contributed by atoms with Crippen molar-refractivity contribution in [3.8, 4) is 10.6 Å². The van der Waals surface area contributed by atoms with E-state index in [0.717, 1.165) is 16.3 Å². The number of rotatable bonds is 3. The van der Waals surface area contributed by atoms with Gasteiger partial charge in [-0.15, -0.1) is 11.3 Å². The molecule has 0 saturated heterocycles. The van der Waals surface area contributed by atoms with Gasteiger partial charge in [-0.25, -0.2) is 13.1 Å². The molecule has 0 aromatic carbocycles. The number of nitrogens with one attached hydrogen (secondary N) is 2. The lowest BCUT2D eigenvalue weighted by Gasteiger charge is -2.19. The molecule has 0 amide bonds.